The molecule has 1 aliphatic heterocycles. The van der Waals surface area contributed by atoms with Gasteiger partial charge in [0.2, 0.25) is 65.0 Å². The highest BCUT2D eigenvalue weighted by atomic mass is 33.1. The fraction of sp³-hybridized carbons (Fsp3) is 0.500. The van der Waals surface area contributed by atoms with Crippen molar-refractivity contribution in [2.24, 2.45) is 34.6 Å². The Morgan fingerprint density at radius 2 is 1.22 bits per heavy atom. The van der Waals surface area contributed by atoms with Crippen molar-refractivity contribution in [3.63, 3.8) is 0 Å². The average Bonchev–Trinajstić information content (AvgIpc) is 1.67. The van der Waals surface area contributed by atoms with Crippen LogP contribution < -0.4 is 92.5 Å². The van der Waals surface area contributed by atoms with E-state index in [9.17, 15) is 72.5 Å². The molecular formula is C78H111N21O15S3. The number of carbonyl (C=O) groups excluding carboxylic acids is 13. The van der Waals surface area contributed by atoms with Crippen LogP contribution in [0.5, 0.6) is 0 Å². The fourth-order valence-electron chi connectivity index (χ4n) is 13.0. The number of carbonyl (C=O) groups is 13. The Morgan fingerprint density at radius 3 is 1.80 bits per heavy atom. The van der Waals surface area contributed by atoms with Gasteiger partial charge in [-0.2, -0.15) is 9.78 Å². The van der Waals surface area contributed by atoms with Crippen molar-refractivity contribution in [3.8, 4) is 0 Å². The minimum Gasteiger partial charge on any atom is -0.391 e. The maximum absolute atomic E-state index is 14.9. The number of aliphatic hydroxyl groups excluding tert-OH is 2. The van der Waals surface area contributed by atoms with Crippen LogP contribution in [-0.2, 0) is 59.2 Å². The highest BCUT2D eigenvalue weighted by Gasteiger charge is 2.45. The third-order valence-corrected chi connectivity index (χ3v) is 23.1. The molecule has 7 rings (SSSR count). The standard InChI is InChI=1S/C78H111N21O15S3/c1-44(2)39-59-73(110)90-54(25-33-80)67(104)89-57(28-36-83)72(109)95-64(45(3)100)75(112)86-38-29-58(70(107)88-55(26-34-81)69(106)94-60(74(111)93-59)40-47-15-8-7-9-16-47)91-68(105)56(27-35-82)92-76(113)65(46(4)101)96-71(108)53(24-32-79)87-63(102)42-115-116-43-78(30-14-31-78)98(6)77(114)99-61-41-49(117-62-19-11-10-18-51(62)66(103)84-5)21-22-50(61)52(97-99)23-20-48-17-12-13-37-85-48/h7-13,15-23,37,41,44-46,53-60,64-65,100-101H,14,24-36,38-40,42-43,79-83H2,1-6H3,(H,84,103)(H,86,112)(H,87,102)(H,88,107)(H,89,104)(H,90,110)(H,91,105)(H,92,113)(H,93,111)(H,94,106)(H,95,109)(H,96,108)/b23-20+/t45-,46-,53+,54+,55+,56+,57+,58+,59+,60-,64+,65+/m1/s1. The summed E-state index contributed by atoms with van der Waals surface area (Å²) >= 11 is 1.37. The number of nitrogens with zero attached hydrogens (tertiary/aromatic N) is 4. The predicted molar refractivity (Wildman–Crippen MR) is 445 cm³/mol. The summed E-state index contributed by atoms with van der Waals surface area (Å²) in [6.45, 7) is 4.50. The quantitative estimate of drug-likeness (QED) is 0.0164. The molecule has 3 aromatic carbocycles. The van der Waals surface area contributed by atoms with E-state index in [1.807, 2.05) is 42.5 Å². The number of rotatable bonds is 34. The van der Waals surface area contributed by atoms with E-state index < -0.39 is 162 Å². The number of benzene rings is 3. The monoisotopic (exact) mass is 1680 g/mol. The van der Waals surface area contributed by atoms with Crippen molar-refractivity contribution in [2.75, 3.05) is 64.9 Å². The Morgan fingerprint density at radius 1 is 0.641 bits per heavy atom. The smallest absolute Gasteiger partial charge is 0.345 e. The maximum atomic E-state index is 14.9. The van der Waals surface area contributed by atoms with Crippen LogP contribution in [0.2, 0.25) is 0 Å². The summed E-state index contributed by atoms with van der Waals surface area (Å²) in [4.78, 5) is 192. The van der Waals surface area contributed by atoms with Crippen LogP contribution in [-0.4, -0.2) is 250 Å². The highest BCUT2D eigenvalue weighted by Crippen LogP contribution is 2.43. The number of amides is 13. The van der Waals surface area contributed by atoms with Gasteiger partial charge < -0.3 is 108 Å². The zero-order valence-electron chi connectivity index (χ0n) is 66.4. The van der Waals surface area contributed by atoms with E-state index in [0.29, 0.717) is 56.9 Å². The molecule has 1 saturated carbocycles. The highest BCUT2D eigenvalue weighted by molar-refractivity contribution is 8.76. The van der Waals surface area contributed by atoms with Crippen LogP contribution in [0.3, 0.4) is 0 Å². The molecule has 0 spiro atoms. The van der Waals surface area contributed by atoms with Gasteiger partial charge in [-0.1, -0.05) is 95.7 Å². The van der Waals surface area contributed by atoms with Crippen LogP contribution in [0, 0.1) is 5.92 Å². The van der Waals surface area contributed by atoms with Gasteiger partial charge in [-0.25, -0.2) is 4.79 Å². The van der Waals surface area contributed by atoms with Crippen molar-refractivity contribution in [1.82, 2.24) is 83.5 Å². The van der Waals surface area contributed by atoms with Crippen molar-refractivity contribution in [1.29, 1.82) is 0 Å². The van der Waals surface area contributed by atoms with Gasteiger partial charge in [0, 0.05) is 54.2 Å². The van der Waals surface area contributed by atoms with Gasteiger partial charge in [0.05, 0.1) is 46.0 Å². The lowest BCUT2D eigenvalue weighted by molar-refractivity contribution is -0.137. The largest absolute Gasteiger partial charge is 0.391 e. The van der Waals surface area contributed by atoms with Crippen molar-refractivity contribution in [3.05, 3.63) is 120 Å². The molecule has 1 aliphatic carbocycles. The van der Waals surface area contributed by atoms with E-state index in [1.54, 1.807) is 99.7 Å². The molecule has 2 aromatic heterocycles. The molecule has 3 heterocycles. The Kier molecular flexibility index (Phi) is 37.6. The molecule has 36 nitrogen and oxygen atoms in total. The molecule has 5 aromatic rings. The minimum absolute atomic E-state index is 0.0231. The summed E-state index contributed by atoms with van der Waals surface area (Å²) < 4.78 is 1.37. The zero-order chi connectivity index (χ0) is 85.5. The van der Waals surface area contributed by atoms with Crippen LogP contribution in [0.4, 0.5) is 4.79 Å². The number of pyridine rings is 1. The molecule has 0 bridgehead atoms. The molecule has 39 heteroatoms. The number of hydrogen-bond acceptors (Lipinski definition) is 25. The summed E-state index contributed by atoms with van der Waals surface area (Å²) in [5, 5.41) is 58.5. The first kappa shape index (κ1) is 94.1. The van der Waals surface area contributed by atoms with E-state index in [2.05, 4.69) is 68.8 Å². The molecule has 0 unspecified atom stereocenters. The third kappa shape index (κ3) is 27.5. The van der Waals surface area contributed by atoms with Gasteiger partial charge in [-0.05, 0) is 177 Å². The average molecular weight is 1680 g/mol. The first-order valence-corrected chi connectivity index (χ1v) is 42.1. The second-order valence-corrected chi connectivity index (χ2v) is 32.6. The van der Waals surface area contributed by atoms with E-state index in [1.165, 1.54) is 51.9 Å². The SMILES string of the molecule is CNC(=O)c1ccccc1Sc1ccc2c(/C=C/c3ccccn3)nn(C(=O)N(C)C3(CSSCC(=O)N[C@@H](CCN)C(=O)N[C@H](C(=O)N[C@@H](CCN)C(=O)N[C@H]4CCNC(=O)[C@H]([C@@H](C)O)NC(=O)[C@H](CCN)NC(=O)[C@H](CCN)NC(=O)[C@H](CC(C)C)NC(=O)[C@@H](Cc5ccccc5)NC(=O)[C@H](CCN)NC4=O)[C@@H](C)O)CCC3)c2c1. The molecule has 2 aliphatic rings. The van der Waals surface area contributed by atoms with E-state index in [-0.39, 0.29) is 95.2 Å². The number of aromatic nitrogens is 3. The number of nitrogens with one attached hydrogen (secondary N) is 12. The predicted octanol–water partition coefficient (Wildman–Crippen LogP) is -1.52. The molecule has 13 amide bonds. The first-order valence-electron chi connectivity index (χ1n) is 38.8. The lowest BCUT2D eigenvalue weighted by Crippen LogP contribution is -2.62. The summed E-state index contributed by atoms with van der Waals surface area (Å²) in [6.07, 6.45) is 2.41. The summed E-state index contributed by atoms with van der Waals surface area (Å²) in [5.74, 6) is -10.6. The second kappa shape index (κ2) is 46.7. The maximum Gasteiger partial charge on any atom is 0.345 e. The molecule has 1 saturated heterocycles. The van der Waals surface area contributed by atoms with Crippen molar-refractivity contribution < 1.29 is 72.5 Å². The van der Waals surface area contributed by atoms with Gasteiger partial charge in [-0.15, -0.1) is 0 Å². The van der Waals surface area contributed by atoms with Crippen molar-refractivity contribution in [2.45, 2.75) is 186 Å². The number of aliphatic hydroxyl groups is 2. The van der Waals surface area contributed by atoms with Crippen LogP contribution in [0.1, 0.15) is 119 Å². The van der Waals surface area contributed by atoms with Gasteiger partial charge in [0.1, 0.15) is 60.4 Å². The Labute approximate surface area is 691 Å². The van der Waals surface area contributed by atoms with E-state index in [0.717, 1.165) is 11.3 Å². The minimum atomic E-state index is -1.81. The molecule has 24 N–H and O–H groups in total. The second-order valence-electron chi connectivity index (χ2n) is 29.0. The summed E-state index contributed by atoms with van der Waals surface area (Å²) in [5.41, 5.74) is 31.9. The fourth-order valence-corrected chi connectivity index (χ4v) is 16.5. The summed E-state index contributed by atoms with van der Waals surface area (Å²) in [6, 6.07) is 11.1. The number of fused-ring (bicyclic) bond motifs is 1. The Bertz CT molecular complexity index is 4270. The normalized spacial score (nSPS) is 20.6. The number of hydrogen-bond donors (Lipinski definition) is 19. The van der Waals surface area contributed by atoms with Gasteiger partial charge in [-0.3, -0.25) is 62.5 Å². The van der Waals surface area contributed by atoms with Gasteiger partial charge in [0.25, 0.3) is 5.91 Å². The summed E-state index contributed by atoms with van der Waals surface area (Å²) in [7, 11) is 5.80. The van der Waals surface area contributed by atoms with Gasteiger partial charge in [0.15, 0.2) is 0 Å². The topological polar surface area (TPSA) is 571 Å². The molecule has 2 fully saturated rings. The van der Waals surface area contributed by atoms with Crippen LogP contribution in [0.15, 0.2) is 107 Å². The zero-order valence-corrected chi connectivity index (χ0v) is 68.9. The van der Waals surface area contributed by atoms with E-state index >= 15 is 0 Å². The number of nitrogens with two attached hydrogens (primary N) is 5. The molecule has 0 radical (unpaired) electrons. The van der Waals surface area contributed by atoms with Gasteiger partial charge >= 0.3 is 6.03 Å². The Hall–Kier alpha value is -10.1. The third-order valence-electron chi connectivity index (χ3n) is 19.6. The van der Waals surface area contributed by atoms with Crippen LogP contribution in [0.25, 0.3) is 23.1 Å². The lowest BCUT2D eigenvalue weighted by atomic mass is 9.77. The lowest BCUT2D eigenvalue weighted by Gasteiger charge is -2.48. The van der Waals surface area contributed by atoms with Crippen molar-refractivity contribution >= 4 is 133 Å². The van der Waals surface area contributed by atoms with Crippen LogP contribution >= 0.6 is 33.3 Å². The Balaban J connectivity index is 1.05. The van der Waals surface area contributed by atoms with E-state index in [4.69, 9.17) is 33.8 Å². The first-order chi connectivity index (χ1) is 56.0. The molecule has 117 heavy (non-hydrogen) atoms. The molecule has 12 atom stereocenters. The molecular weight excluding hydrogens is 1570 g/mol. The molecule has 636 valence electrons.